The number of hydrogen-bond donors (Lipinski definition) is 3. The molecule has 3 fully saturated rings. The van der Waals surface area contributed by atoms with E-state index in [0.717, 1.165) is 6.42 Å². The second-order valence-electron chi connectivity index (χ2n) is 10.3. The van der Waals surface area contributed by atoms with Crippen LogP contribution in [0.2, 0.25) is 0 Å². The maximum Gasteiger partial charge on any atom is 0.471 e. The van der Waals surface area contributed by atoms with Gasteiger partial charge in [-0.05, 0) is 37.0 Å². The quantitative estimate of drug-likeness (QED) is 0.216. The number of nitrogens with zero attached hydrogens (tertiary/aromatic N) is 2. The van der Waals surface area contributed by atoms with Crippen molar-refractivity contribution in [1.82, 2.24) is 26.0 Å². The van der Waals surface area contributed by atoms with E-state index in [1.165, 1.54) is 4.90 Å². The van der Waals surface area contributed by atoms with E-state index < -0.39 is 59.4 Å². The molecule has 1 saturated carbocycles. The molecule has 39 heavy (non-hydrogen) atoms. The predicted molar refractivity (Wildman–Crippen MR) is 130 cm³/mol. The number of hydrazine groups is 1. The molecule has 5 amide bonds. The third kappa shape index (κ3) is 6.93. The van der Waals surface area contributed by atoms with Crippen molar-refractivity contribution in [3.8, 4) is 0 Å². The lowest BCUT2D eigenvalue weighted by molar-refractivity contribution is -0.175. The fourth-order valence-electron chi connectivity index (χ4n) is 5.96. The molecule has 0 radical (unpaired) electrons. The summed E-state index contributed by atoms with van der Waals surface area (Å²) in [7, 11) is 0. The van der Waals surface area contributed by atoms with Gasteiger partial charge in [0.25, 0.3) is 17.4 Å². The zero-order chi connectivity index (χ0) is 29.1. The SMILES string of the molecule is CCC(CC)[C@H](NC(=O)C(F)(F)F)C(=O)N1C[C@@H]2CCC[C@@H]2[C@H]1C(=O)NN(C[C@@H]1CCNC1=O)C(=O)[C@H](F)Cl. The Labute approximate surface area is 228 Å². The van der Waals surface area contributed by atoms with Crippen LogP contribution in [0.25, 0.3) is 0 Å². The van der Waals surface area contributed by atoms with Gasteiger partial charge in [-0.3, -0.25) is 29.4 Å². The lowest BCUT2D eigenvalue weighted by Gasteiger charge is -2.35. The Kier molecular flexibility index (Phi) is 10.1. The second kappa shape index (κ2) is 12.7. The molecule has 0 unspecified atom stereocenters. The van der Waals surface area contributed by atoms with Gasteiger partial charge < -0.3 is 15.5 Å². The molecule has 3 rings (SSSR count). The Hall–Kier alpha value is -2.64. The fraction of sp³-hybridized carbons (Fsp3) is 0.792. The number of carbonyl (C=O) groups is 5. The minimum Gasteiger partial charge on any atom is -0.356 e. The highest BCUT2D eigenvalue weighted by atomic mass is 35.5. The molecule has 6 atom stereocenters. The monoisotopic (exact) mass is 583 g/mol. The molecular weight excluding hydrogens is 550 g/mol. The van der Waals surface area contributed by atoms with E-state index in [2.05, 4.69) is 10.7 Å². The lowest BCUT2D eigenvalue weighted by atomic mass is 9.91. The third-order valence-corrected chi connectivity index (χ3v) is 8.22. The summed E-state index contributed by atoms with van der Waals surface area (Å²) in [4.78, 5) is 64.8. The van der Waals surface area contributed by atoms with E-state index in [1.807, 2.05) is 5.32 Å². The van der Waals surface area contributed by atoms with Crippen LogP contribution < -0.4 is 16.1 Å². The smallest absolute Gasteiger partial charge is 0.356 e. The number of amides is 5. The molecule has 220 valence electrons. The Morgan fingerprint density at radius 1 is 1.15 bits per heavy atom. The zero-order valence-corrected chi connectivity index (χ0v) is 22.5. The minimum atomic E-state index is -5.21. The molecule has 0 bridgehead atoms. The van der Waals surface area contributed by atoms with Crippen LogP contribution in [0.1, 0.15) is 52.4 Å². The number of rotatable bonds is 9. The van der Waals surface area contributed by atoms with Crippen molar-refractivity contribution >= 4 is 41.1 Å². The second-order valence-corrected chi connectivity index (χ2v) is 10.7. The molecule has 1 aliphatic carbocycles. The lowest BCUT2D eigenvalue weighted by Crippen LogP contribution is -2.60. The first-order valence-corrected chi connectivity index (χ1v) is 13.6. The number of carbonyl (C=O) groups excluding carboxylic acids is 5. The molecule has 2 aliphatic heterocycles. The van der Waals surface area contributed by atoms with E-state index in [1.54, 1.807) is 13.8 Å². The molecular formula is C24H34ClF4N5O5. The van der Waals surface area contributed by atoms with Crippen molar-refractivity contribution in [2.75, 3.05) is 19.6 Å². The van der Waals surface area contributed by atoms with Crippen LogP contribution in [0.5, 0.6) is 0 Å². The number of nitrogens with one attached hydrogen (secondary N) is 3. The summed E-state index contributed by atoms with van der Waals surface area (Å²) in [5.74, 6) is -7.41. The molecule has 2 heterocycles. The summed E-state index contributed by atoms with van der Waals surface area (Å²) in [6.45, 7) is 3.43. The average Bonchev–Trinajstić information content (AvgIpc) is 3.58. The van der Waals surface area contributed by atoms with E-state index in [0.29, 0.717) is 43.7 Å². The third-order valence-electron chi connectivity index (χ3n) is 8.04. The Balaban J connectivity index is 1.88. The maximum absolute atomic E-state index is 13.8. The molecule has 3 aliphatic rings. The van der Waals surface area contributed by atoms with E-state index in [-0.39, 0.29) is 30.8 Å². The fourth-order valence-corrected chi connectivity index (χ4v) is 6.08. The van der Waals surface area contributed by atoms with Gasteiger partial charge in [-0.1, -0.05) is 44.7 Å². The number of alkyl halides is 5. The molecule has 0 aromatic rings. The van der Waals surface area contributed by atoms with Gasteiger partial charge in [-0.15, -0.1) is 0 Å². The van der Waals surface area contributed by atoms with E-state index >= 15 is 0 Å². The highest BCUT2D eigenvalue weighted by Gasteiger charge is 2.52. The van der Waals surface area contributed by atoms with Crippen molar-refractivity contribution in [3.05, 3.63) is 0 Å². The van der Waals surface area contributed by atoms with Gasteiger partial charge in [0.05, 0.1) is 12.5 Å². The van der Waals surface area contributed by atoms with Crippen molar-refractivity contribution in [2.24, 2.45) is 23.7 Å². The summed E-state index contributed by atoms with van der Waals surface area (Å²) in [6.07, 6.45) is -2.28. The summed E-state index contributed by atoms with van der Waals surface area (Å²) in [6, 6.07) is -2.70. The van der Waals surface area contributed by atoms with Crippen LogP contribution in [0.4, 0.5) is 17.6 Å². The Morgan fingerprint density at radius 2 is 1.82 bits per heavy atom. The van der Waals surface area contributed by atoms with Gasteiger partial charge in [0, 0.05) is 13.1 Å². The van der Waals surface area contributed by atoms with Crippen molar-refractivity contribution in [1.29, 1.82) is 0 Å². The van der Waals surface area contributed by atoms with Crippen LogP contribution in [0.3, 0.4) is 0 Å². The van der Waals surface area contributed by atoms with Crippen LogP contribution in [0.15, 0.2) is 0 Å². The van der Waals surface area contributed by atoms with Gasteiger partial charge in [0.1, 0.15) is 12.1 Å². The first kappa shape index (κ1) is 30.9. The van der Waals surface area contributed by atoms with Crippen LogP contribution >= 0.6 is 11.6 Å². The van der Waals surface area contributed by atoms with Gasteiger partial charge in [-0.2, -0.15) is 13.2 Å². The number of hydrogen-bond acceptors (Lipinski definition) is 5. The summed E-state index contributed by atoms with van der Waals surface area (Å²) in [5, 5.41) is 5.03. The Bertz CT molecular complexity index is 964. The molecule has 15 heteroatoms. The van der Waals surface area contributed by atoms with Crippen molar-refractivity contribution < 1.29 is 41.5 Å². The van der Waals surface area contributed by atoms with E-state index in [9.17, 15) is 41.5 Å². The highest BCUT2D eigenvalue weighted by Crippen LogP contribution is 2.43. The van der Waals surface area contributed by atoms with Gasteiger partial charge in [0.2, 0.25) is 11.8 Å². The maximum atomic E-state index is 13.8. The summed E-state index contributed by atoms with van der Waals surface area (Å²) < 4.78 is 53.0. The van der Waals surface area contributed by atoms with E-state index in [4.69, 9.17) is 11.6 Å². The first-order chi connectivity index (χ1) is 18.3. The summed E-state index contributed by atoms with van der Waals surface area (Å²) >= 11 is 5.34. The number of halogens is 5. The Morgan fingerprint density at radius 3 is 2.36 bits per heavy atom. The van der Waals surface area contributed by atoms with Crippen LogP contribution in [-0.2, 0) is 24.0 Å². The first-order valence-electron chi connectivity index (χ1n) is 13.2. The molecule has 0 spiro atoms. The average molecular weight is 584 g/mol. The normalized spacial score (nSPS) is 26.2. The van der Waals surface area contributed by atoms with Gasteiger partial charge in [0.15, 0.2) is 0 Å². The molecule has 0 aromatic carbocycles. The predicted octanol–water partition coefficient (Wildman–Crippen LogP) is 1.63. The van der Waals surface area contributed by atoms with Crippen LogP contribution in [-0.4, -0.2) is 83.0 Å². The minimum absolute atomic E-state index is 0.0837. The molecule has 10 nitrogen and oxygen atoms in total. The zero-order valence-electron chi connectivity index (χ0n) is 21.7. The molecule has 2 saturated heterocycles. The molecule has 3 N–H and O–H groups in total. The van der Waals surface area contributed by atoms with Gasteiger partial charge in [-0.25, -0.2) is 9.40 Å². The molecule has 0 aromatic heterocycles. The highest BCUT2D eigenvalue weighted by molar-refractivity contribution is 6.29. The van der Waals surface area contributed by atoms with Crippen molar-refractivity contribution in [3.63, 3.8) is 0 Å². The van der Waals surface area contributed by atoms with Gasteiger partial charge >= 0.3 is 12.1 Å². The number of likely N-dealkylation sites (tertiary alicyclic amines) is 1. The topological polar surface area (TPSA) is 128 Å². The largest absolute Gasteiger partial charge is 0.471 e. The van der Waals surface area contributed by atoms with Crippen molar-refractivity contribution in [2.45, 2.75) is 76.3 Å². The summed E-state index contributed by atoms with van der Waals surface area (Å²) in [5.41, 5.74) is -0.182. The number of fused-ring (bicyclic) bond motifs is 1. The van der Waals surface area contributed by atoms with Crippen LogP contribution in [0, 0.1) is 23.7 Å². The standard InChI is InChI=1S/C24H34ClF4N5O5/c1-3-12(4-2)16(31-23(39)24(27,28)29)21(37)33-10-13-6-5-7-15(13)17(33)20(36)32-34(22(38)18(25)26)11-14-8-9-30-19(14)35/h12-18H,3-11H2,1-2H3,(H,30,35)(H,31,39)(H,32,36)/t13-,14-,15-,16-,17-,18-/m0/s1.